The maximum atomic E-state index is 13.4. The molecule has 6 nitrogen and oxygen atoms in total. The van der Waals surface area contributed by atoms with Crippen molar-refractivity contribution in [2.24, 2.45) is 0 Å². The fourth-order valence-electron chi connectivity index (χ4n) is 3.01. The van der Waals surface area contributed by atoms with E-state index in [4.69, 9.17) is 0 Å². The van der Waals surface area contributed by atoms with E-state index in [1.54, 1.807) is 17.3 Å². The molecule has 0 saturated heterocycles. The molecule has 9 heteroatoms. The minimum atomic E-state index is -0.961. The number of nitrogens with one attached hydrogen (secondary N) is 2. The van der Waals surface area contributed by atoms with Gasteiger partial charge in [-0.05, 0) is 50.2 Å². The van der Waals surface area contributed by atoms with Crippen LogP contribution in [0.2, 0.25) is 0 Å². The van der Waals surface area contributed by atoms with Crippen LogP contribution in [0.15, 0.2) is 41.8 Å². The number of aromatic nitrogens is 1. The van der Waals surface area contributed by atoms with Gasteiger partial charge in [-0.1, -0.05) is 18.2 Å². The molecule has 2 N–H and O–H groups in total. The summed E-state index contributed by atoms with van der Waals surface area (Å²) in [5, 5.41) is 7.51. The van der Waals surface area contributed by atoms with E-state index in [2.05, 4.69) is 15.6 Å². The number of hydrogen-bond acceptors (Lipinski definition) is 5. The monoisotopic (exact) mass is 444 g/mol. The molecule has 0 fully saturated rings. The highest BCUT2D eigenvalue weighted by atomic mass is 32.1. The van der Waals surface area contributed by atoms with Crippen LogP contribution in [0.3, 0.4) is 0 Å². The van der Waals surface area contributed by atoms with E-state index in [1.165, 1.54) is 17.4 Å². The molecule has 3 rings (SSSR count). The summed E-state index contributed by atoms with van der Waals surface area (Å²) in [7, 11) is 1.67. The van der Waals surface area contributed by atoms with E-state index >= 15 is 0 Å². The van der Waals surface area contributed by atoms with Crippen LogP contribution in [0, 0.1) is 25.5 Å². The average molecular weight is 445 g/mol. The maximum Gasteiger partial charge on any atom is 0.240 e. The zero-order valence-corrected chi connectivity index (χ0v) is 18.1. The Labute approximate surface area is 182 Å². The molecule has 0 spiro atoms. The molecule has 0 aliphatic heterocycles. The summed E-state index contributed by atoms with van der Waals surface area (Å²) in [6.45, 7) is 3.87. The number of para-hydroxylation sites is 1. The molecule has 0 aliphatic carbocycles. The van der Waals surface area contributed by atoms with Crippen LogP contribution in [-0.4, -0.2) is 41.8 Å². The number of amides is 2. The van der Waals surface area contributed by atoms with E-state index in [1.807, 2.05) is 32.0 Å². The van der Waals surface area contributed by atoms with Gasteiger partial charge < -0.3 is 10.6 Å². The van der Waals surface area contributed by atoms with Crippen LogP contribution in [0.1, 0.15) is 11.1 Å². The van der Waals surface area contributed by atoms with Crippen LogP contribution in [0.4, 0.5) is 19.6 Å². The predicted octanol–water partition coefficient (Wildman–Crippen LogP) is 4.21. The molecule has 0 bridgehead atoms. The molecular weight excluding hydrogens is 422 g/mol. The molecule has 0 radical (unpaired) electrons. The summed E-state index contributed by atoms with van der Waals surface area (Å²) in [5.41, 5.74) is 3.55. The number of thiazole rings is 1. The fraction of sp³-hybridized carbons (Fsp3) is 0.227. The number of rotatable bonds is 7. The van der Waals surface area contributed by atoms with E-state index in [9.17, 15) is 18.4 Å². The molecule has 1 aromatic heterocycles. The first-order valence-electron chi connectivity index (χ1n) is 9.48. The zero-order valence-electron chi connectivity index (χ0n) is 17.3. The van der Waals surface area contributed by atoms with Crippen LogP contribution in [-0.2, 0) is 9.59 Å². The summed E-state index contributed by atoms with van der Waals surface area (Å²) < 4.78 is 26.5. The molecule has 31 heavy (non-hydrogen) atoms. The quantitative estimate of drug-likeness (QED) is 0.572. The largest absolute Gasteiger partial charge is 0.324 e. The van der Waals surface area contributed by atoms with Crippen molar-refractivity contribution in [1.82, 2.24) is 9.88 Å². The molecule has 0 aliphatic rings. The molecular formula is C22H22F2N4O2S. The maximum absolute atomic E-state index is 13.4. The standard InChI is InChI=1S/C22H22F2N4O2S/c1-13-5-4-6-14(2)21(13)26-19(29)10-28(3)11-20(30)27-22-25-18(12-31-22)15-7-8-16(23)17(24)9-15/h4-9,12H,10-11H2,1-3H3,(H,26,29)(H,25,27,30). The number of aryl methyl sites for hydroxylation is 2. The van der Waals surface area contributed by atoms with Crippen molar-refractivity contribution in [3.8, 4) is 11.3 Å². The summed E-state index contributed by atoms with van der Waals surface area (Å²) in [5.74, 6) is -2.45. The molecule has 0 atom stereocenters. The van der Waals surface area contributed by atoms with Gasteiger partial charge in [0.1, 0.15) is 0 Å². The van der Waals surface area contributed by atoms with E-state index in [-0.39, 0.29) is 24.9 Å². The van der Waals surface area contributed by atoms with Gasteiger partial charge in [-0.2, -0.15) is 0 Å². The van der Waals surface area contributed by atoms with Gasteiger partial charge in [-0.3, -0.25) is 14.5 Å². The Morgan fingerprint density at radius 2 is 1.65 bits per heavy atom. The van der Waals surface area contributed by atoms with Crippen molar-refractivity contribution in [1.29, 1.82) is 0 Å². The van der Waals surface area contributed by atoms with Crippen LogP contribution < -0.4 is 10.6 Å². The number of likely N-dealkylation sites (N-methyl/N-ethyl adjacent to an activating group) is 1. The van der Waals surface area contributed by atoms with Crippen LogP contribution >= 0.6 is 11.3 Å². The zero-order chi connectivity index (χ0) is 22.5. The molecule has 162 valence electrons. The van der Waals surface area contributed by atoms with Gasteiger partial charge in [0, 0.05) is 16.6 Å². The SMILES string of the molecule is Cc1cccc(C)c1NC(=O)CN(C)CC(=O)Nc1nc(-c2ccc(F)c(F)c2)cs1. The van der Waals surface area contributed by atoms with Crippen molar-refractivity contribution in [2.75, 3.05) is 30.8 Å². The Bertz CT molecular complexity index is 1100. The van der Waals surface area contributed by atoms with Gasteiger partial charge in [0.2, 0.25) is 11.8 Å². The Morgan fingerprint density at radius 3 is 2.29 bits per heavy atom. The molecule has 3 aromatic rings. The van der Waals surface area contributed by atoms with Gasteiger partial charge in [0.05, 0.1) is 18.8 Å². The third-order valence-corrected chi connectivity index (χ3v) is 5.30. The topological polar surface area (TPSA) is 74.3 Å². The van der Waals surface area contributed by atoms with Gasteiger partial charge in [0.25, 0.3) is 0 Å². The number of hydrogen-bond donors (Lipinski definition) is 2. The number of carbonyl (C=O) groups excluding carboxylic acids is 2. The first-order chi connectivity index (χ1) is 14.7. The normalized spacial score (nSPS) is 10.9. The third-order valence-electron chi connectivity index (χ3n) is 4.54. The molecule has 0 saturated carbocycles. The first-order valence-corrected chi connectivity index (χ1v) is 10.4. The number of halogens is 2. The van der Waals surface area contributed by atoms with E-state index < -0.39 is 11.6 Å². The van der Waals surface area contributed by atoms with Gasteiger partial charge in [-0.25, -0.2) is 13.8 Å². The number of benzene rings is 2. The smallest absolute Gasteiger partial charge is 0.240 e. The van der Waals surface area contributed by atoms with Crippen molar-refractivity contribution in [2.45, 2.75) is 13.8 Å². The molecule has 1 heterocycles. The number of anilines is 2. The predicted molar refractivity (Wildman–Crippen MR) is 118 cm³/mol. The first kappa shape index (κ1) is 22.5. The number of carbonyl (C=O) groups is 2. The lowest BCUT2D eigenvalue weighted by Gasteiger charge is -2.17. The third kappa shape index (κ3) is 5.93. The van der Waals surface area contributed by atoms with Crippen molar-refractivity contribution in [3.63, 3.8) is 0 Å². The van der Waals surface area contributed by atoms with Crippen LogP contribution in [0.25, 0.3) is 11.3 Å². The second-order valence-corrected chi connectivity index (χ2v) is 8.06. The summed E-state index contributed by atoms with van der Waals surface area (Å²) in [6, 6.07) is 9.26. The molecule has 2 aromatic carbocycles. The lowest BCUT2D eigenvalue weighted by Crippen LogP contribution is -2.36. The Hall–Kier alpha value is -3.17. The highest BCUT2D eigenvalue weighted by Gasteiger charge is 2.15. The second-order valence-electron chi connectivity index (χ2n) is 7.20. The Morgan fingerprint density at radius 1 is 1.00 bits per heavy atom. The number of nitrogens with zero attached hydrogens (tertiary/aromatic N) is 2. The summed E-state index contributed by atoms with van der Waals surface area (Å²) >= 11 is 1.17. The fourth-order valence-corrected chi connectivity index (χ4v) is 3.75. The minimum Gasteiger partial charge on any atom is -0.324 e. The summed E-state index contributed by atoms with van der Waals surface area (Å²) in [4.78, 5) is 30.4. The van der Waals surface area contributed by atoms with Crippen molar-refractivity contribution >= 4 is 34.0 Å². The highest BCUT2D eigenvalue weighted by molar-refractivity contribution is 7.14. The molecule has 2 amide bonds. The second kappa shape index (κ2) is 9.76. The lowest BCUT2D eigenvalue weighted by atomic mass is 10.1. The van der Waals surface area contributed by atoms with Gasteiger partial charge in [-0.15, -0.1) is 11.3 Å². The van der Waals surface area contributed by atoms with Crippen molar-refractivity contribution < 1.29 is 18.4 Å². The Balaban J connectivity index is 1.53. The van der Waals surface area contributed by atoms with E-state index in [0.717, 1.165) is 28.9 Å². The van der Waals surface area contributed by atoms with E-state index in [0.29, 0.717) is 16.4 Å². The Kier molecular flexibility index (Phi) is 7.09. The van der Waals surface area contributed by atoms with Gasteiger partial charge in [0.15, 0.2) is 16.8 Å². The molecule has 0 unspecified atom stereocenters. The summed E-state index contributed by atoms with van der Waals surface area (Å²) in [6.07, 6.45) is 0. The van der Waals surface area contributed by atoms with Crippen LogP contribution in [0.5, 0.6) is 0 Å². The van der Waals surface area contributed by atoms with Crippen molar-refractivity contribution in [3.05, 3.63) is 64.5 Å². The minimum absolute atomic E-state index is 0.0136. The van der Waals surface area contributed by atoms with Gasteiger partial charge >= 0.3 is 0 Å². The average Bonchev–Trinajstić information content (AvgIpc) is 3.15. The lowest BCUT2D eigenvalue weighted by molar-refractivity contribution is -0.119. The highest BCUT2D eigenvalue weighted by Crippen LogP contribution is 2.26.